The fourth-order valence-corrected chi connectivity index (χ4v) is 3.08. The van der Waals surface area contributed by atoms with Crippen molar-refractivity contribution >= 4 is 28.0 Å². The number of methoxy groups -OCH3 is 1. The van der Waals surface area contributed by atoms with Crippen LogP contribution in [0.5, 0.6) is 11.8 Å². The molecule has 2 aromatic rings. The number of amides is 2. The Balaban J connectivity index is 2.20. The van der Waals surface area contributed by atoms with Crippen molar-refractivity contribution in [3.05, 3.63) is 36.4 Å². The van der Waals surface area contributed by atoms with Gasteiger partial charge in [0, 0.05) is 14.1 Å². The van der Waals surface area contributed by atoms with E-state index < -0.39 is 16.1 Å². The summed E-state index contributed by atoms with van der Waals surface area (Å²) in [5.74, 6) is 0.159. The van der Waals surface area contributed by atoms with Gasteiger partial charge in [-0.25, -0.2) is 17.9 Å². The van der Waals surface area contributed by atoms with Gasteiger partial charge in [-0.1, -0.05) is 24.3 Å². The van der Waals surface area contributed by atoms with Gasteiger partial charge in [0.25, 0.3) is 10.0 Å². The normalized spacial score (nSPS) is 11.2. The lowest BCUT2D eigenvalue weighted by molar-refractivity contribution is 0.256. The maximum Gasteiger partial charge on any atom is 0.335 e. The summed E-state index contributed by atoms with van der Waals surface area (Å²) >= 11 is 0. The summed E-state index contributed by atoms with van der Waals surface area (Å²) in [5, 5.41) is 2.26. The zero-order chi connectivity index (χ0) is 21.4. The zero-order valence-electron chi connectivity index (χ0n) is 16.4. The van der Waals surface area contributed by atoms with Crippen molar-refractivity contribution in [1.29, 1.82) is 0 Å². The SMILES string of the molecule is C/C=C/COc1ccccc1S(=O)(=O)NC(=O)Nc1nc(OC)nc(N(C)C)n1. The Bertz CT molecular complexity index is 994. The predicted molar refractivity (Wildman–Crippen MR) is 107 cm³/mol. The van der Waals surface area contributed by atoms with Gasteiger partial charge < -0.3 is 14.4 Å². The predicted octanol–water partition coefficient (Wildman–Crippen LogP) is 1.41. The number of sulfonamides is 1. The summed E-state index contributed by atoms with van der Waals surface area (Å²) in [6.45, 7) is 2.00. The summed E-state index contributed by atoms with van der Waals surface area (Å²) in [4.78, 5) is 25.5. The van der Waals surface area contributed by atoms with E-state index in [1.807, 2.05) is 11.6 Å². The summed E-state index contributed by atoms with van der Waals surface area (Å²) in [5.41, 5.74) is 0. The Morgan fingerprint density at radius 2 is 1.93 bits per heavy atom. The highest BCUT2D eigenvalue weighted by molar-refractivity contribution is 7.90. The van der Waals surface area contributed by atoms with E-state index >= 15 is 0 Å². The Morgan fingerprint density at radius 1 is 1.21 bits per heavy atom. The molecule has 2 rings (SSSR count). The Hall–Kier alpha value is -3.41. The largest absolute Gasteiger partial charge is 0.488 e. The fourth-order valence-electron chi connectivity index (χ4n) is 2.02. The molecule has 1 heterocycles. The number of ether oxygens (including phenoxy) is 2. The van der Waals surface area contributed by atoms with Crippen LogP contribution in [0.2, 0.25) is 0 Å². The van der Waals surface area contributed by atoms with Crippen molar-refractivity contribution in [2.24, 2.45) is 0 Å². The number of nitrogens with one attached hydrogen (secondary N) is 2. The van der Waals surface area contributed by atoms with Crippen LogP contribution in [0.1, 0.15) is 6.92 Å². The van der Waals surface area contributed by atoms with Crippen LogP contribution in [0.4, 0.5) is 16.7 Å². The lowest BCUT2D eigenvalue weighted by Crippen LogP contribution is -2.35. The summed E-state index contributed by atoms with van der Waals surface area (Å²) in [6, 6.07) is 4.89. The third-order valence-corrected chi connectivity index (χ3v) is 4.72. The van der Waals surface area contributed by atoms with Crippen molar-refractivity contribution in [2.45, 2.75) is 11.8 Å². The van der Waals surface area contributed by atoms with Crippen LogP contribution in [0, 0.1) is 0 Å². The van der Waals surface area contributed by atoms with Gasteiger partial charge in [0.1, 0.15) is 17.3 Å². The van der Waals surface area contributed by atoms with Gasteiger partial charge in [0.05, 0.1) is 7.11 Å². The summed E-state index contributed by atoms with van der Waals surface area (Å²) < 4.78 is 37.6. The zero-order valence-corrected chi connectivity index (χ0v) is 17.2. The first-order valence-electron chi connectivity index (χ1n) is 8.41. The molecular weight excluding hydrogens is 400 g/mol. The first-order chi connectivity index (χ1) is 13.8. The highest BCUT2D eigenvalue weighted by atomic mass is 32.2. The molecule has 1 aromatic heterocycles. The maximum absolute atomic E-state index is 12.6. The molecule has 0 saturated carbocycles. The van der Waals surface area contributed by atoms with Gasteiger partial charge in [-0.15, -0.1) is 0 Å². The number of anilines is 2. The van der Waals surface area contributed by atoms with Crippen molar-refractivity contribution < 1.29 is 22.7 Å². The van der Waals surface area contributed by atoms with E-state index in [-0.39, 0.29) is 35.2 Å². The number of aromatic nitrogens is 3. The minimum absolute atomic E-state index is 0.0374. The molecular formula is C17H22N6O5S. The molecule has 11 nitrogen and oxygen atoms in total. The number of hydrogen-bond donors (Lipinski definition) is 2. The quantitative estimate of drug-likeness (QED) is 0.605. The molecule has 0 unspecified atom stereocenters. The first kappa shape index (κ1) is 21.9. The number of hydrogen-bond acceptors (Lipinski definition) is 9. The highest BCUT2D eigenvalue weighted by Gasteiger charge is 2.23. The second-order valence-corrected chi connectivity index (χ2v) is 7.38. The van der Waals surface area contributed by atoms with E-state index in [1.165, 1.54) is 25.3 Å². The van der Waals surface area contributed by atoms with Crippen LogP contribution >= 0.6 is 0 Å². The minimum atomic E-state index is -4.21. The molecule has 0 fully saturated rings. The van der Waals surface area contributed by atoms with Crippen LogP contribution in [0.25, 0.3) is 0 Å². The highest BCUT2D eigenvalue weighted by Crippen LogP contribution is 2.23. The van der Waals surface area contributed by atoms with E-state index in [0.29, 0.717) is 0 Å². The summed E-state index contributed by atoms with van der Waals surface area (Å²) in [7, 11) is 0.518. The van der Waals surface area contributed by atoms with E-state index in [0.717, 1.165) is 0 Å². The molecule has 0 atom stereocenters. The molecule has 0 radical (unpaired) electrons. The Kier molecular flexibility index (Phi) is 7.31. The molecule has 0 saturated heterocycles. The molecule has 0 aliphatic carbocycles. The molecule has 2 amide bonds. The monoisotopic (exact) mass is 422 g/mol. The van der Waals surface area contributed by atoms with Gasteiger partial charge in [-0.05, 0) is 19.1 Å². The second kappa shape index (κ2) is 9.68. The molecule has 0 aliphatic heterocycles. The van der Waals surface area contributed by atoms with Crippen LogP contribution in [-0.2, 0) is 10.0 Å². The number of rotatable bonds is 8. The number of carbonyl (C=O) groups excluding carboxylic acids is 1. The van der Waals surface area contributed by atoms with Crippen LogP contribution in [-0.4, -0.2) is 57.2 Å². The Morgan fingerprint density at radius 3 is 2.59 bits per heavy atom. The second-order valence-electron chi connectivity index (χ2n) is 5.73. The van der Waals surface area contributed by atoms with Crippen molar-refractivity contribution in [2.75, 3.05) is 38.0 Å². The minimum Gasteiger partial charge on any atom is -0.488 e. The fraction of sp³-hybridized carbons (Fsp3) is 0.294. The van der Waals surface area contributed by atoms with E-state index in [9.17, 15) is 13.2 Å². The third-order valence-electron chi connectivity index (χ3n) is 3.35. The first-order valence-corrected chi connectivity index (χ1v) is 9.89. The van der Waals surface area contributed by atoms with Crippen LogP contribution < -0.4 is 24.4 Å². The molecule has 156 valence electrons. The van der Waals surface area contributed by atoms with E-state index in [4.69, 9.17) is 9.47 Å². The molecule has 2 N–H and O–H groups in total. The number of allylic oxidation sites excluding steroid dienone is 1. The van der Waals surface area contributed by atoms with Crippen LogP contribution in [0.15, 0.2) is 41.3 Å². The smallest absolute Gasteiger partial charge is 0.335 e. The topological polar surface area (TPSA) is 136 Å². The molecule has 12 heteroatoms. The summed E-state index contributed by atoms with van der Waals surface area (Å²) in [6.07, 6.45) is 3.49. The van der Waals surface area contributed by atoms with Gasteiger partial charge in [0.2, 0.25) is 11.9 Å². The van der Waals surface area contributed by atoms with Crippen molar-refractivity contribution in [3.63, 3.8) is 0 Å². The van der Waals surface area contributed by atoms with Gasteiger partial charge in [-0.2, -0.15) is 15.0 Å². The van der Waals surface area contributed by atoms with E-state index in [2.05, 4.69) is 20.3 Å². The van der Waals surface area contributed by atoms with Crippen molar-refractivity contribution in [3.8, 4) is 11.8 Å². The van der Waals surface area contributed by atoms with Crippen LogP contribution in [0.3, 0.4) is 0 Å². The van der Waals surface area contributed by atoms with Gasteiger partial charge in [-0.3, -0.25) is 5.32 Å². The third kappa shape index (κ3) is 6.04. The van der Waals surface area contributed by atoms with Gasteiger partial charge >= 0.3 is 12.0 Å². The van der Waals surface area contributed by atoms with Gasteiger partial charge in [0.15, 0.2) is 0 Å². The number of para-hydroxylation sites is 1. The molecule has 0 spiro atoms. The number of nitrogens with zero attached hydrogens (tertiary/aromatic N) is 4. The molecule has 0 aliphatic rings. The number of urea groups is 1. The lowest BCUT2D eigenvalue weighted by Gasteiger charge is -2.13. The maximum atomic E-state index is 12.6. The molecule has 0 bridgehead atoms. The standard InChI is InChI=1S/C17H22N6O5S/c1-5-6-11-28-12-9-7-8-10-13(12)29(25,26)22-16(24)19-14-18-15(23(2)3)21-17(20-14)27-4/h5-10H,11H2,1-4H3,(H2,18,19,20,21,22,24)/b6-5+. The number of benzene rings is 1. The molecule has 29 heavy (non-hydrogen) atoms. The van der Waals surface area contributed by atoms with Crippen molar-refractivity contribution in [1.82, 2.24) is 19.7 Å². The Labute approximate surface area is 168 Å². The average Bonchev–Trinajstić information content (AvgIpc) is 2.67. The molecule has 1 aromatic carbocycles. The number of carbonyl (C=O) groups is 1. The average molecular weight is 422 g/mol. The lowest BCUT2D eigenvalue weighted by atomic mass is 10.3. The van der Waals surface area contributed by atoms with E-state index in [1.54, 1.807) is 37.2 Å².